The van der Waals surface area contributed by atoms with Crippen LogP contribution in [0.2, 0.25) is 0 Å². The van der Waals surface area contributed by atoms with Crippen molar-refractivity contribution in [1.29, 1.82) is 0 Å². The minimum Gasteiger partial charge on any atom is -0.427 e. The number of benzene rings is 1. The zero-order valence-electron chi connectivity index (χ0n) is 12.7. The van der Waals surface area contributed by atoms with Gasteiger partial charge < -0.3 is 20.1 Å². The summed E-state index contributed by atoms with van der Waals surface area (Å²) in [6.45, 7) is 2.11. The number of aliphatic hydroxyl groups is 1. The number of hydrogen-bond donors (Lipinski definition) is 2. The Labute approximate surface area is 130 Å². The quantitative estimate of drug-likeness (QED) is 0.661. The number of nitrogens with zero attached hydrogens (tertiary/aromatic N) is 1. The number of rotatable bonds is 4. The standard InChI is InChI=1S/C16H22N2O4/c1-12(20)22-15-7-4-5-13(11-15)17-16(21)18-9-3-2-6-14(18)8-10-19/h4-5,7,11,14,19H,2-3,6,8-10H2,1H3,(H,17,21). The molecule has 0 aliphatic carbocycles. The van der Waals surface area contributed by atoms with Gasteiger partial charge in [-0.2, -0.15) is 0 Å². The maximum Gasteiger partial charge on any atom is 0.322 e. The molecule has 6 nitrogen and oxygen atoms in total. The number of amides is 2. The maximum absolute atomic E-state index is 12.4. The molecule has 1 atom stereocenters. The van der Waals surface area contributed by atoms with Crippen LogP contribution in [-0.4, -0.2) is 41.2 Å². The lowest BCUT2D eigenvalue weighted by atomic mass is 10.0. The van der Waals surface area contributed by atoms with Crippen LogP contribution < -0.4 is 10.1 Å². The summed E-state index contributed by atoms with van der Waals surface area (Å²) in [6, 6.07) is 6.63. The Kier molecular flexibility index (Phi) is 5.77. The summed E-state index contributed by atoms with van der Waals surface area (Å²) in [4.78, 5) is 25.2. The van der Waals surface area contributed by atoms with Crippen molar-refractivity contribution in [2.24, 2.45) is 0 Å². The molecule has 2 amide bonds. The highest BCUT2D eigenvalue weighted by molar-refractivity contribution is 5.90. The lowest BCUT2D eigenvalue weighted by molar-refractivity contribution is -0.131. The average molecular weight is 306 g/mol. The summed E-state index contributed by atoms with van der Waals surface area (Å²) in [5.41, 5.74) is 0.581. The molecular formula is C16H22N2O4. The number of carbonyl (C=O) groups is 2. The first-order valence-corrected chi connectivity index (χ1v) is 7.57. The molecule has 1 saturated heterocycles. The molecule has 1 heterocycles. The number of likely N-dealkylation sites (tertiary alicyclic amines) is 1. The molecule has 2 N–H and O–H groups in total. The van der Waals surface area contributed by atoms with Gasteiger partial charge in [0.05, 0.1) is 0 Å². The second-order valence-electron chi connectivity index (χ2n) is 5.41. The highest BCUT2D eigenvalue weighted by atomic mass is 16.5. The van der Waals surface area contributed by atoms with Crippen molar-refractivity contribution in [3.05, 3.63) is 24.3 Å². The number of ether oxygens (including phenoxy) is 1. The van der Waals surface area contributed by atoms with Crippen molar-refractivity contribution in [2.45, 2.75) is 38.6 Å². The molecule has 1 aliphatic rings. The SMILES string of the molecule is CC(=O)Oc1cccc(NC(=O)N2CCCCC2CCO)c1. The second-order valence-corrected chi connectivity index (χ2v) is 5.41. The van der Waals surface area contributed by atoms with Gasteiger partial charge in [0.2, 0.25) is 0 Å². The highest BCUT2D eigenvalue weighted by Gasteiger charge is 2.26. The summed E-state index contributed by atoms with van der Waals surface area (Å²) in [6.07, 6.45) is 3.57. The van der Waals surface area contributed by atoms with Gasteiger partial charge in [0, 0.05) is 37.9 Å². The molecular weight excluding hydrogens is 284 g/mol. The number of aliphatic hydroxyl groups excluding tert-OH is 1. The van der Waals surface area contributed by atoms with E-state index >= 15 is 0 Å². The van der Waals surface area contributed by atoms with E-state index in [9.17, 15) is 9.59 Å². The Morgan fingerprint density at radius 3 is 2.95 bits per heavy atom. The van der Waals surface area contributed by atoms with Crippen molar-refractivity contribution in [3.8, 4) is 5.75 Å². The molecule has 1 aromatic rings. The van der Waals surface area contributed by atoms with Crippen molar-refractivity contribution < 1.29 is 19.4 Å². The van der Waals surface area contributed by atoms with Crippen LogP contribution in [0.25, 0.3) is 0 Å². The zero-order chi connectivity index (χ0) is 15.9. The van der Waals surface area contributed by atoms with Gasteiger partial charge in [-0.25, -0.2) is 4.79 Å². The second kappa shape index (κ2) is 7.79. The van der Waals surface area contributed by atoms with Crippen LogP contribution in [0.15, 0.2) is 24.3 Å². The highest BCUT2D eigenvalue weighted by Crippen LogP contribution is 2.22. The normalized spacial score (nSPS) is 17.9. The third-order valence-corrected chi connectivity index (χ3v) is 3.70. The first-order valence-electron chi connectivity index (χ1n) is 7.57. The van der Waals surface area contributed by atoms with E-state index in [1.54, 1.807) is 29.2 Å². The van der Waals surface area contributed by atoms with E-state index in [1.807, 2.05) is 0 Å². The van der Waals surface area contributed by atoms with Crippen molar-refractivity contribution in [1.82, 2.24) is 4.90 Å². The number of esters is 1. The minimum absolute atomic E-state index is 0.0791. The Morgan fingerprint density at radius 2 is 2.23 bits per heavy atom. The monoisotopic (exact) mass is 306 g/mol. The van der Waals surface area contributed by atoms with Gasteiger partial charge in [-0.15, -0.1) is 0 Å². The van der Waals surface area contributed by atoms with Crippen LogP contribution >= 0.6 is 0 Å². The van der Waals surface area contributed by atoms with Gasteiger partial charge in [0.1, 0.15) is 5.75 Å². The maximum atomic E-state index is 12.4. The molecule has 0 saturated carbocycles. The molecule has 1 unspecified atom stereocenters. The third kappa shape index (κ3) is 4.46. The van der Waals surface area contributed by atoms with Crippen LogP contribution in [0.3, 0.4) is 0 Å². The number of hydrogen-bond acceptors (Lipinski definition) is 4. The van der Waals surface area contributed by atoms with E-state index in [1.165, 1.54) is 6.92 Å². The third-order valence-electron chi connectivity index (χ3n) is 3.70. The summed E-state index contributed by atoms with van der Waals surface area (Å²) >= 11 is 0. The Morgan fingerprint density at radius 1 is 1.41 bits per heavy atom. The molecule has 1 fully saturated rings. The molecule has 0 bridgehead atoms. The minimum atomic E-state index is -0.400. The largest absolute Gasteiger partial charge is 0.427 e. The van der Waals surface area contributed by atoms with Gasteiger partial charge in [-0.1, -0.05) is 6.07 Å². The lowest BCUT2D eigenvalue weighted by Crippen LogP contribution is -2.46. The molecule has 1 aliphatic heterocycles. The topological polar surface area (TPSA) is 78.9 Å². The molecule has 1 aromatic carbocycles. The average Bonchev–Trinajstić information content (AvgIpc) is 2.47. The van der Waals surface area contributed by atoms with Crippen molar-refractivity contribution in [3.63, 3.8) is 0 Å². The Balaban J connectivity index is 2.02. The van der Waals surface area contributed by atoms with Crippen molar-refractivity contribution in [2.75, 3.05) is 18.5 Å². The predicted molar refractivity (Wildman–Crippen MR) is 82.8 cm³/mol. The summed E-state index contributed by atoms with van der Waals surface area (Å²) in [5.74, 6) is -0.00151. The fraction of sp³-hybridized carbons (Fsp3) is 0.500. The van der Waals surface area contributed by atoms with E-state index < -0.39 is 5.97 Å². The number of carbonyl (C=O) groups excluding carboxylic acids is 2. The van der Waals surface area contributed by atoms with E-state index in [0.29, 0.717) is 24.4 Å². The number of urea groups is 1. The summed E-state index contributed by atoms with van der Waals surface area (Å²) in [7, 11) is 0. The molecule has 6 heteroatoms. The van der Waals surface area contributed by atoms with Gasteiger partial charge in [-0.05, 0) is 37.8 Å². The molecule has 2 rings (SSSR count). The fourth-order valence-electron chi connectivity index (χ4n) is 2.72. The van der Waals surface area contributed by atoms with Crippen LogP contribution in [0.4, 0.5) is 10.5 Å². The van der Waals surface area contributed by atoms with Crippen molar-refractivity contribution >= 4 is 17.7 Å². The van der Waals surface area contributed by atoms with E-state index in [-0.39, 0.29) is 18.7 Å². The molecule has 22 heavy (non-hydrogen) atoms. The molecule has 0 radical (unpaired) electrons. The number of piperidine rings is 1. The van der Waals surface area contributed by atoms with Crippen LogP contribution in [0, 0.1) is 0 Å². The predicted octanol–water partition coefficient (Wildman–Crippen LogP) is 2.38. The number of nitrogens with one attached hydrogen (secondary N) is 1. The van der Waals surface area contributed by atoms with Crippen LogP contribution in [0.5, 0.6) is 5.75 Å². The first-order chi connectivity index (χ1) is 10.6. The smallest absolute Gasteiger partial charge is 0.322 e. The van der Waals surface area contributed by atoms with E-state index in [2.05, 4.69) is 5.32 Å². The van der Waals surface area contributed by atoms with E-state index in [4.69, 9.17) is 9.84 Å². The van der Waals surface area contributed by atoms with Gasteiger partial charge in [0.25, 0.3) is 0 Å². The van der Waals surface area contributed by atoms with Crippen LogP contribution in [0.1, 0.15) is 32.6 Å². The molecule has 0 spiro atoms. The summed E-state index contributed by atoms with van der Waals surface area (Å²) < 4.78 is 5.00. The van der Waals surface area contributed by atoms with Gasteiger partial charge in [-0.3, -0.25) is 4.79 Å². The lowest BCUT2D eigenvalue weighted by Gasteiger charge is -2.35. The van der Waals surface area contributed by atoms with Gasteiger partial charge in [0.15, 0.2) is 0 Å². The van der Waals surface area contributed by atoms with E-state index in [0.717, 1.165) is 19.3 Å². The number of anilines is 1. The van der Waals surface area contributed by atoms with Crippen LogP contribution in [-0.2, 0) is 4.79 Å². The molecule has 120 valence electrons. The Hall–Kier alpha value is -2.08. The first kappa shape index (κ1) is 16.3. The summed E-state index contributed by atoms with van der Waals surface area (Å²) in [5, 5.41) is 11.9. The van der Waals surface area contributed by atoms with Gasteiger partial charge >= 0.3 is 12.0 Å². The zero-order valence-corrected chi connectivity index (χ0v) is 12.7. The molecule has 0 aromatic heterocycles. The Bertz CT molecular complexity index is 531. The fourth-order valence-corrected chi connectivity index (χ4v) is 2.72.